The van der Waals surface area contributed by atoms with E-state index in [1.165, 1.54) is 31.0 Å². The Morgan fingerprint density at radius 1 is 1.00 bits per heavy atom. The molecule has 2 aromatic carbocycles. The molecular formula is C29H34N4O7S. The predicted molar refractivity (Wildman–Crippen MR) is 154 cm³/mol. The first-order valence-electron chi connectivity index (χ1n) is 13.5. The number of aliphatic hydroxyl groups is 4. The van der Waals surface area contributed by atoms with Crippen molar-refractivity contribution in [1.82, 2.24) is 9.29 Å². The summed E-state index contributed by atoms with van der Waals surface area (Å²) in [5, 5.41) is 51.0. The average molecular weight is 583 g/mol. The number of nitrogens with one attached hydrogen (secondary N) is 1. The van der Waals surface area contributed by atoms with Crippen LogP contribution in [0.5, 0.6) is 0 Å². The summed E-state index contributed by atoms with van der Waals surface area (Å²) in [6.07, 6.45) is -3.33. The summed E-state index contributed by atoms with van der Waals surface area (Å²) in [5.41, 5.74) is 3.48. The Morgan fingerprint density at radius 3 is 2.44 bits per heavy atom. The number of ether oxygens (including phenoxy) is 1. The van der Waals surface area contributed by atoms with Gasteiger partial charge in [0.1, 0.15) is 30.5 Å². The second kappa shape index (κ2) is 11.9. The summed E-state index contributed by atoms with van der Waals surface area (Å²) in [5.74, 6) is 0. The molecule has 12 heteroatoms. The van der Waals surface area contributed by atoms with Gasteiger partial charge in [0.25, 0.3) is 10.0 Å². The lowest BCUT2D eigenvalue weighted by molar-refractivity contribution is -0.279. The molecule has 41 heavy (non-hydrogen) atoms. The number of hydrogen-bond donors (Lipinski definition) is 5. The minimum Gasteiger partial charge on any atom is -0.388 e. The van der Waals surface area contributed by atoms with E-state index in [-0.39, 0.29) is 0 Å². The molecular weight excluding hydrogens is 548 g/mol. The van der Waals surface area contributed by atoms with Crippen LogP contribution in [0.3, 0.4) is 0 Å². The lowest BCUT2D eigenvalue weighted by atomic mass is 9.99. The number of nitrogens with zero attached hydrogens (tertiary/aromatic N) is 3. The third kappa shape index (κ3) is 6.02. The number of aromatic nitrogens is 1. The lowest BCUT2D eigenvalue weighted by Gasteiger charge is -2.38. The predicted octanol–water partition coefficient (Wildman–Crippen LogP) is 1.42. The van der Waals surface area contributed by atoms with E-state index in [1.807, 2.05) is 12.1 Å². The molecule has 1 unspecified atom stereocenters. The molecule has 11 nitrogen and oxygen atoms in total. The molecule has 2 aliphatic rings. The van der Waals surface area contributed by atoms with E-state index in [9.17, 15) is 34.1 Å². The largest absolute Gasteiger partial charge is 0.388 e. The van der Waals surface area contributed by atoms with Gasteiger partial charge in [-0.05, 0) is 72.0 Å². The molecule has 3 aromatic rings. The molecule has 2 fully saturated rings. The lowest BCUT2D eigenvalue weighted by Crippen LogP contribution is -2.59. The van der Waals surface area contributed by atoms with Gasteiger partial charge >= 0.3 is 0 Å². The van der Waals surface area contributed by atoms with E-state index < -0.39 is 52.2 Å². The number of nitriles is 1. The Kier molecular flexibility index (Phi) is 8.49. The van der Waals surface area contributed by atoms with E-state index >= 15 is 0 Å². The van der Waals surface area contributed by atoms with E-state index in [0.717, 1.165) is 35.1 Å². The maximum absolute atomic E-state index is 12.9. The van der Waals surface area contributed by atoms with Gasteiger partial charge in [0.2, 0.25) is 0 Å². The summed E-state index contributed by atoms with van der Waals surface area (Å²) in [6.45, 7) is 1.61. The van der Waals surface area contributed by atoms with E-state index in [0.29, 0.717) is 5.69 Å². The molecule has 0 spiro atoms. The number of rotatable bonds is 7. The second-order valence-corrected chi connectivity index (χ2v) is 12.2. The molecule has 0 saturated carbocycles. The van der Waals surface area contributed by atoms with Crippen molar-refractivity contribution in [3.8, 4) is 17.3 Å². The van der Waals surface area contributed by atoms with Crippen LogP contribution >= 0.6 is 0 Å². The molecule has 0 aliphatic carbocycles. The fourth-order valence-corrected chi connectivity index (χ4v) is 6.31. The molecule has 1 aromatic heterocycles. The van der Waals surface area contributed by atoms with Crippen LogP contribution in [-0.4, -0.2) is 83.8 Å². The zero-order valence-corrected chi connectivity index (χ0v) is 23.4. The van der Waals surface area contributed by atoms with Crippen LogP contribution in [0.2, 0.25) is 0 Å². The first-order chi connectivity index (χ1) is 19.6. The van der Waals surface area contributed by atoms with Crippen LogP contribution in [-0.2, 0) is 21.8 Å². The molecule has 2 aliphatic heterocycles. The summed E-state index contributed by atoms with van der Waals surface area (Å²) in [7, 11) is -2.56. The van der Waals surface area contributed by atoms with Gasteiger partial charge < -0.3 is 34.6 Å². The minimum absolute atomic E-state index is 0.477. The summed E-state index contributed by atoms with van der Waals surface area (Å²) < 4.78 is 34.8. The standard InChI is InChI=1S/C29H34N4O7S/c1-32-21(15-23(16-30)41(38,39)31-17-25-26(34)27(35)28(36)29(37)40-25)9-10-24(32)20-6-5-19-14-22(8-7-18(19)13-20)33-11-3-2-4-12-33/h5-10,13-15,25-29,31,34-37H,2-4,11-12,17H2,1H3/b23-15+/t25-,26-,27+,28-,29?/m1/s1. The zero-order chi connectivity index (χ0) is 29.3. The number of piperidine rings is 1. The number of hydrogen-bond acceptors (Lipinski definition) is 9. The monoisotopic (exact) mass is 582 g/mol. The van der Waals surface area contributed by atoms with Crippen molar-refractivity contribution in [2.24, 2.45) is 7.05 Å². The van der Waals surface area contributed by atoms with Gasteiger partial charge in [-0.25, -0.2) is 13.1 Å². The molecule has 3 heterocycles. The van der Waals surface area contributed by atoms with Crippen molar-refractivity contribution in [2.75, 3.05) is 24.5 Å². The van der Waals surface area contributed by atoms with Crippen LogP contribution in [0.25, 0.3) is 28.1 Å². The summed E-state index contributed by atoms with van der Waals surface area (Å²) >= 11 is 0. The highest BCUT2D eigenvalue weighted by atomic mass is 32.2. The number of fused-ring (bicyclic) bond motifs is 1. The van der Waals surface area contributed by atoms with Gasteiger partial charge in [-0.15, -0.1) is 0 Å². The van der Waals surface area contributed by atoms with Gasteiger partial charge in [-0.1, -0.05) is 18.2 Å². The normalized spacial score (nSPS) is 25.8. The average Bonchev–Trinajstić information content (AvgIpc) is 3.35. The number of sulfonamides is 1. The quantitative estimate of drug-likeness (QED) is 0.259. The van der Waals surface area contributed by atoms with Gasteiger partial charge in [-0.3, -0.25) is 0 Å². The highest BCUT2D eigenvalue weighted by Crippen LogP contribution is 2.30. The molecule has 0 bridgehead atoms. The van der Waals surface area contributed by atoms with Crippen molar-refractivity contribution in [2.45, 2.75) is 50.0 Å². The van der Waals surface area contributed by atoms with E-state index in [4.69, 9.17) is 4.74 Å². The van der Waals surface area contributed by atoms with Crippen molar-refractivity contribution in [1.29, 1.82) is 5.26 Å². The Hall–Kier alpha value is -3.28. The zero-order valence-electron chi connectivity index (χ0n) is 22.6. The van der Waals surface area contributed by atoms with E-state index in [2.05, 4.69) is 40.0 Å². The minimum atomic E-state index is -4.34. The first kappa shape index (κ1) is 29.2. The SMILES string of the molecule is Cn1c(/C=C(\C#N)S(=O)(=O)NC[C@H]2OC(O)[C@H](O)[C@@H](O)[C@@H]2O)ccc1-c1ccc2cc(N3CCCCC3)ccc2c1. The molecule has 5 N–H and O–H groups in total. The van der Waals surface area contributed by atoms with Crippen LogP contribution in [0, 0.1) is 11.3 Å². The van der Waals surface area contributed by atoms with E-state index in [1.54, 1.807) is 23.8 Å². The van der Waals surface area contributed by atoms with Gasteiger partial charge in [-0.2, -0.15) is 5.26 Å². The highest BCUT2D eigenvalue weighted by molar-refractivity contribution is 7.93. The van der Waals surface area contributed by atoms with Gasteiger partial charge in [0.05, 0.1) is 0 Å². The number of benzene rings is 2. The molecule has 5 atom stereocenters. The molecule has 0 radical (unpaired) electrons. The molecule has 2 saturated heterocycles. The maximum Gasteiger partial charge on any atom is 0.250 e. The Labute approximate surface area is 238 Å². The smallest absolute Gasteiger partial charge is 0.250 e. The first-order valence-corrected chi connectivity index (χ1v) is 15.0. The molecule has 0 amide bonds. The Balaban J connectivity index is 1.33. The van der Waals surface area contributed by atoms with Gasteiger partial charge in [0.15, 0.2) is 11.2 Å². The maximum atomic E-state index is 12.9. The van der Waals surface area contributed by atoms with Crippen LogP contribution in [0.4, 0.5) is 5.69 Å². The fourth-order valence-electron chi connectivity index (χ4n) is 5.38. The topological polar surface area (TPSA) is 168 Å². The molecule has 218 valence electrons. The van der Waals surface area contributed by atoms with Crippen molar-refractivity contribution >= 4 is 32.6 Å². The Bertz CT molecular complexity index is 1590. The number of allylic oxidation sites excluding steroid dienone is 1. The van der Waals surface area contributed by atoms with Crippen molar-refractivity contribution < 1.29 is 33.6 Å². The molecule has 5 rings (SSSR count). The van der Waals surface area contributed by atoms with Crippen LogP contribution in [0.1, 0.15) is 25.0 Å². The number of anilines is 1. The van der Waals surface area contributed by atoms with Crippen LogP contribution in [0.15, 0.2) is 53.4 Å². The third-order valence-electron chi connectivity index (χ3n) is 7.84. The second-order valence-electron chi connectivity index (χ2n) is 10.5. The number of aliphatic hydroxyl groups excluding tert-OH is 4. The van der Waals surface area contributed by atoms with Gasteiger partial charge in [0, 0.05) is 43.8 Å². The van der Waals surface area contributed by atoms with Crippen molar-refractivity contribution in [3.05, 3.63) is 59.1 Å². The third-order valence-corrected chi connectivity index (χ3v) is 9.18. The van der Waals surface area contributed by atoms with Crippen LogP contribution < -0.4 is 9.62 Å². The van der Waals surface area contributed by atoms with Crippen molar-refractivity contribution in [3.63, 3.8) is 0 Å². The fraction of sp³-hybridized carbons (Fsp3) is 0.414. The Morgan fingerprint density at radius 2 is 1.71 bits per heavy atom. The summed E-state index contributed by atoms with van der Waals surface area (Å²) in [4.78, 5) is 1.85. The highest BCUT2D eigenvalue weighted by Gasteiger charge is 2.43. The summed E-state index contributed by atoms with van der Waals surface area (Å²) in [6, 6.07) is 17.9.